The summed E-state index contributed by atoms with van der Waals surface area (Å²) in [6, 6.07) is 0. The number of allylic oxidation sites excluding steroid dienone is 10. The molecule has 0 rings (SSSR count). The van der Waals surface area contributed by atoms with E-state index in [1.807, 2.05) is 0 Å². The highest BCUT2D eigenvalue weighted by molar-refractivity contribution is 5.71. The second kappa shape index (κ2) is 63.6. The van der Waals surface area contributed by atoms with Crippen molar-refractivity contribution in [2.45, 2.75) is 348 Å². The highest BCUT2D eigenvalue weighted by atomic mass is 16.6. The molecule has 0 amide bonds. The number of carbonyl (C=O) groups excluding carboxylic acids is 3. The third-order valence-electron chi connectivity index (χ3n) is 14.5. The Hall–Kier alpha value is -2.89. The molecule has 436 valence electrons. The second-order valence-corrected chi connectivity index (χ2v) is 22.0. The molecule has 0 bridgehead atoms. The minimum absolute atomic E-state index is 0.0806. The normalized spacial score (nSPS) is 12.4. The quantitative estimate of drug-likeness (QED) is 0.0261. The number of rotatable bonds is 60. The predicted molar refractivity (Wildman–Crippen MR) is 325 cm³/mol. The first-order chi connectivity index (χ1) is 37.0. The van der Waals surface area contributed by atoms with Gasteiger partial charge in [-0.2, -0.15) is 0 Å². The van der Waals surface area contributed by atoms with Crippen molar-refractivity contribution >= 4 is 17.9 Å². The van der Waals surface area contributed by atoms with E-state index >= 15 is 0 Å². The molecule has 0 aliphatic carbocycles. The third-order valence-corrected chi connectivity index (χ3v) is 14.5. The highest BCUT2D eigenvalue weighted by Gasteiger charge is 2.19. The molecule has 6 nitrogen and oxygen atoms in total. The number of unbranched alkanes of at least 4 members (excludes halogenated alkanes) is 39. The molecule has 0 N–H and O–H groups in total. The highest BCUT2D eigenvalue weighted by Crippen LogP contribution is 2.16. The van der Waals surface area contributed by atoms with Crippen molar-refractivity contribution in [2.75, 3.05) is 13.2 Å². The van der Waals surface area contributed by atoms with E-state index in [2.05, 4.69) is 81.5 Å². The zero-order chi connectivity index (χ0) is 54.3. The lowest BCUT2D eigenvalue weighted by atomic mass is 10.0. The molecule has 1 unspecified atom stereocenters. The molecule has 75 heavy (non-hydrogen) atoms. The van der Waals surface area contributed by atoms with Crippen molar-refractivity contribution in [2.24, 2.45) is 0 Å². The van der Waals surface area contributed by atoms with Crippen LogP contribution in [0.5, 0.6) is 0 Å². The van der Waals surface area contributed by atoms with Gasteiger partial charge in [0.1, 0.15) is 13.2 Å². The largest absolute Gasteiger partial charge is 0.462 e. The molecule has 0 aliphatic rings. The molecule has 0 heterocycles. The third kappa shape index (κ3) is 61.8. The van der Waals surface area contributed by atoms with Crippen LogP contribution >= 0.6 is 0 Å². The first kappa shape index (κ1) is 72.1. The Labute approximate surface area is 466 Å². The van der Waals surface area contributed by atoms with E-state index in [0.29, 0.717) is 19.3 Å². The van der Waals surface area contributed by atoms with E-state index in [-0.39, 0.29) is 31.1 Å². The van der Waals surface area contributed by atoms with Gasteiger partial charge in [-0.3, -0.25) is 14.4 Å². The summed E-state index contributed by atoms with van der Waals surface area (Å²) in [7, 11) is 0. The van der Waals surface area contributed by atoms with Crippen LogP contribution in [0.2, 0.25) is 0 Å². The molecule has 0 aromatic rings. The van der Waals surface area contributed by atoms with E-state index in [1.165, 1.54) is 212 Å². The Morgan fingerprint density at radius 2 is 0.480 bits per heavy atom. The summed E-state index contributed by atoms with van der Waals surface area (Å²) in [5, 5.41) is 0. The molecule has 1 atom stereocenters. The summed E-state index contributed by atoms with van der Waals surface area (Å²) in [6.45, 7) is 6.63. The van der Waals surface area contributed by atoms with Gasteiger partial charge in [0.15, 0.2) is 6.10 Å². The first-order valence-corrected chi connectivity index (χ1v) is 32.8. The van der Waals surface area contributed by atoms with Crippen LogP contribution in [-0.2, 0) is 28.6 Å². The van der Waals surface area contributed by atoms with Crippen molar-refractivity contribution < 1.29 is 28.6 Å². The Morgan fingerprint density at radius 1 is 0.267 bits per heavy atom. The standard InChI is InChI=1S/C69H124O6/c1-4-7-10-13-16-19-22-25-28-31-33-34-35-36-37-39-41-44-47-50-53-56-59-62-68(71)74-65-66(64-73-67(70)61-58-55-52-49-46-43-40-30-27-24-21-18-15-12-9-6-3)75-69(72)63-60-57-54-51-48-45-42-38-32-29-26-23-20-17-14-11-8-5-2/h20-21,23-24,29-33,40,66H,4-19,22,25-28,34-39,41-65H2,1-3H3/b23-20-,24-21-,32-29-,33-31-,40-30-. The van der Waals surface area contributed by atoms with Gasteiger partial charge in [-0.15, -0.1) is 0 Å². The molecule has 0 saturated heterocycles. The Balaban J connectivity index is 4.35. The maximum atomic E-state index is 12.9. The van der Waals surface area contributed by atoms with Crippen LogP contribution in [0.1, 0.15) is 342 Å². The van der Waals surface area contributed by atoms with Crippen LogP contribution in [0, 0.1) is 0 Å². The number of hydrogen-bond donors (Lipinski definition) is 0. The minimum Gasteiger partial charge on any atom is -0.462 e. The van der Waals surface area contributed by atoms with E-state index in [0.717, 1.165) is 89.9 Å². The Morgan fingerprint density at radius 3 is 0.760 bits per heavy atom. The van der Waals surface area contributed by atoms with Gasteiger partial charge >= 0.3 is 17.9 Å². The van der Waals surface area contributed by atoms with Gasteiger partial charge in [-0.1, -0.05) is 274 Å². The molecule has 6 heteroatoms. The van der Waals surface area contributed by atoms with Crippen LogP contribution in [0.15, 0.2) is 60.8 Å². The molecule has 0 fully saturated rings. The zero-order valence-electron chi connectivity index (χ0n) is 50.1. The van der Waals surface area contributed by atoms with Crippen molar-refractivity contribution in [3.63, 3.8) is 0 Å². The fourth-order valence-corrected chi connectivity index (χ4v) is 9.50. The molecule has 0 saturated carbocycles. The second-order valence-electron chi connectivity index (χ2n) is 22.0. The molecule has 0 spiro atoms. The van der Waals surface area contributed by atoms with Gasteiger partial charge in [0.2, 0.25) is 0 Å². The fraction of sp³-hybridized carbons (Fsp3) is 0.812. The van der Waals surface area contributed by atoms with E-state index < -0.39 is 6.10 Å². The van der Waals surface area contributed by atoms with Crippen molar-refractivity contribution in [3.05, 3.63) is 60.8 Å². The lowest BCUT2D eigenvalue weighted by Crippen LogP contribution is -2.30. The Kier molecular flexibility index (Phi) is 61.2. The van der Waals surface area contributed by atoms with Gasteiger partial charge in [-0.25, -0.2) is 0 Å². The summed E-state index contributed by atoms with van der Waals surface area (Å²) in [4.78, 5) is 38.3. The fourth-order valence-electron chi connectivity index (χ4n) is 9.50. The van der Waals surface area contributed by atoms with Crippen LogP contribution in [0.4, 0.5) is 0 Å². The first-order valence-electron chi connectivity index (χ1n) is 32.8. The summed E-state index contributed by atoms with van der Waals surface area (Å²) < 4.78 is 16.9. The van der Waals surface area contributed by atoms with E-state index in [1.54, 1.807) is 0 Å². The molecule has 0 radical (unpaired) electrons. The van der Waals surface area contributed by atoms with Crippen molar-refractivity contribution in [1.29, 1.82) is 0 Å². The van der Waals surface area contributed by atoms with E-state index in [4.69, 9.17) is 14.2 Å². The van der Waals surface area contributed by atoms with Gasteiger partial charge in [-0.05, 0) is 109 Å². The summed E-state index contributed by atoms with van der Waals surface area (Å²) in [5.74, 6) is -0.886. The molecule has 0 aliphatic heterocycles. The van der Waals surface area contributed by atoms with Gasteiger partial charge in [0.25, 0.3) is 0 Å². The van der Waals surface area contributed by atoms with Crippen molar-refractivity contribution in [1.82, 2.24) is 0 Å². The number of carbonyl (C=O) groups is 3. The van der Waals surface area contributed by atoms with Crippen LogP contribution < -0.4 is 0 Å². The van der Waals surface area contributed by atoms with Crippen LogP contribution in [0.25, 0.3) is 0 Å². The number of ether oxygens (including phenoxy) is 3. The van der Waals surface area contributed by atoms with Crippen molar-refractivity contribution in [3.8, 4) is 0 Å². The number of esters is 3. The molecular formula is C69H124O6. The predicted octanol–water partition coefficient (Wildman–Crippen LogP) is 22.3. The summed E-state index contributed by atoms with van der Waals surface area (Å²) >= 11 is 0. The lowest BCUT2D eigenvalue weighted by molar-refractivity contribution is -0.167. The van der Waals surface area contributed by atoms with Gasteiger partial charge in [0.05, 0.1) is 0 Å². The molecule has 0 aromatic carbocycles. The smallest absolute Gasteiger partial charge is 0.306 e. The Bertz CT molecular complexity index is 1340. The average Bonchev–Trinajstić information content (AvgIpc) is 3.41. The number of hydrogen-bond acceptors (Lipinski definition) is 6. The topological polar surface area (TPSA) is 78.9 Å². The SMILES string of the molecule is CCCCCC/C=C\C/C=C\CCCCCCCCCC(=O)OC(COC(=O)CCCCCCC/C=C\C/C=C\CCCCCC)COC(=O)CCCCCCCCCCCCC/C=C\CCCCCCCCCC. The molecule has 0 aromatic heterocycles. The molecular weight excluding hydrogens is 925 g/mol. The average molecular weight is 1050 g/mol. The summed E-state index contributed by atoms with van der Waals surface area (Å²) in [5.41, 5.74) is 0. The maximum Gasteiger partial charge on any atom is 0.306 e. The maximum absolute atomic E-state index is 12.9. The van der Waals surface area contributed by atoms with Gasteiger partial charge in [0, 0.05) is 19.3 Å². The van der Waals surface area contributed by atoms with Crippen LogP contribution in [0.3, 0.4) is 0 Å². The van der Waals surface area contributed by atoms with E-state index in [9.17, 15) is 14.4 Å². The summed E-state index contributed by atoms with van der Waals surface area (Å²) in [6.07, 6.45) is 80.8. The monoisotopic (exact) mass is 1050 g/mol. The van der Waals surface area contributed by atoms with Crippen LogP contribution in [-0.4, -0.2) is 37.2 Å². The minimum atomic E-state index is -0.786. The van der Waals surface area contributed by atoms with Gasteiger partial charge < -0.3 is 14.2 Å². The lowest BCUT2D eigenvalue weighted by Gasteiger charge is -2.18. The zero-order valence-corrected chi connectivity index (χ0v) is 50.1.